The fourth-order valence-electron chi connectivity index (χ4n) is 2.05. The summed E-state index contributed by atoms with van der Waals surface area (Å²) in [5, 5.41) is 0. The first-order valence-electron chi connectivity index (χ1n) is 5.84. The van der Waals surface area contributed by atoms with Crippen LogP contribution in [0.1, 0.15) is 18.4 Å². The van der Waals surface area contributed by atoms with Crippen molar-refractivity contribution >= 4 is 22.0 Å². The number of aliphatic imine (C=N–C) groups is 1. The van der Waals surface area contributed by atoms with Gasteiger partial charge in [0.15, 0.2) is 11.5 Å². The maximum Gasteiger partial charge on any atom is 0.235 e. The number of rotatable bonds is 2. The van der Waals surface area contributed by atoms with Crippen molar-refractivity contribution in [2.75, 3.05) is 13.2 Å². The third-order valence-electron chi connectivity index (χ3n) is 3.41. The summed E-state index contributed by atoms with van der Waals surface area (Å²) >= 11 is 3.47. The van der Waals surface area contributed by atoms with Crippen molar-refractivity contribution in [3.05, 3.63) is 22.2 Å². The van der Waals surface area contributed by atoms with E-state index in [-0.39, 0.29) is 5.41 Å². The standard InChI is InChI=1S/C13H12BrNO3/c14-10-3-9(5-15-8-16)4-11-12(10)18-7-13(1-2-13)6-17-11/h3-4H,1-2,5-7H2. The first-order valence-corrected chi connectivity index (χ1v) is 6.63. The Bertz CT molecular complexity index is 533. The minimum absolute atomic E-state index is 0.222. The molecule has 0 bridgehead atoms. The zero-order valence-electron chi connectivity index (χ0n) is 9.74. The zero-order valence-corrected chi connectivity index (χ0v) is 11.3. The summed E-state index contributed by atoms with van der Waals surface area (Å²) in [6.07, 6.45) is 3.87. The molecule has 0 saturated heterocycles. The van der Waals surface area contributed by atoms with Gasteiger partial charge in [0.05, 0.1) is 24.2 Å². The zero-order chi connectivity index (χ0) is 12.6. The Morgan fingerprint density at radius 3 is 2.83 bits per heavy atom. The summed E-state index contributed by atoms with van der Waals surface area (Å²) in [5.74, 6) is 1.47. The van der Waals surface area contributed by atoms with E-state index in [9.17, 15) is 4.79 Å². The summed E-state index contributed by atoms with van der Waals surface area (Å²) < 4.78 is 12.5. The van der Waals surface area contributed by atoms with E-state index in [1.54, 1.807) is 0 Å². The smallest absolute Gasteiger partial charge is 0.235 e. The van der Waals surface area contributed by atoms with Crippen LogP contribution < -0.4 is 9.47 Å². The number of hydrogen-bond donors (Lipinski definition) is 0. The van der Waals surface area contributed by atoms with Gasteiger partial charge in [-0.2, -0.15) is 0 Å². The van der Waals surface area contributed by atoms with E-state index in [2.05, 4.69) is 20.9 Å². The molecule has 5 heteroatoms. The maximum atomic E-state index is 10.1. The fraction of sp³-hybridized carbons (Fsp3) is 0.462. The lowest BCUT2D eigenvalue weighted by Gasteiger charge is -2.10. The van der Waals surface area contributed by atoms with E-state index >= 15 is 0 Å². The van der Waals surface area contributed by atoms with Crippen LogP contribution in [0, 0.1) is 5.41 Å². The second-order valence-corrected chi connectivity index (χ2v) is 5.74. The van der Waals surface area contributed by atoms with Crippen molar-refractivity contribution in [3.63, 3.8) is 0 Å². The molecule has 1 aliphatic heterocycles. The highest BCUT2D eigenvalue weighted by molar-refractivity contribution is 9.10. The van der Waals surface area contributed by atoms with Crippen LogP contribution in [0.15, 0.2) is 21.6 Å². The summed E-state index contributed by atoms with van der Waals surface area (Å²) in [4.78, 5) is 13.7. The molecule has 1 spiro atoms. The highest BCUT2D eigenvalue weighted by atomic mass is 79.9. The third-order valence-corrected chi connectivity index (χ3v) is 4.00. The highest BCUT2D eigenvalue weighted by Gasteiger charge is 2.46. The SMILES string of the molecule is O=C=NCc1cc(Br)c2c(c1)OCC1(CC1)CO2. The number of nitrogens with zero attached hydrogens (tertiary/aromatic N) is 1. The minimum Gasteiger partial charge on any atom is -0.489 e. The van der Waals surface area contributed by atoms with Gasteiger partial charge in [0.25, 0.3) is 0 Å². The highest BCUT2D eigenvalue weighted by Crippen LogP contribution is 2.50. The van der Waals surface area contributed by atoms with Crippen molar-refractivity contribution in [1.82, 2.24) is 0 Å². The third kappa shape index (κ3) is 2.16. The van der Waals surface area contributed by atoms with E-state index in [1.165, 1.54) is 18.9 Å². The molecule has 0 atom stereocenters. The van der Waals surface area contributed by atoms with Crippen molar-refractivity contribution in [1.29, 1.82) is 0 Å². The molecular weight excluding hydrogens is 298 g/mol. The summed E-state index contributed by atoms with van der Waals surface area (Å²) in [6.45, 7) is 1.72. The lowest BCUT2D eigenvalue weighted by atomic mass is 10.1. The Balaban J connectivity index is 1.91. The molecule has 0 N–H and O–H groups in total. The lowest BCUT2D eigenvalue weighted by molar-refractivity contribution is 0.196. The molecule has 1 aliphatic carbocycles. The van der Waals surface area contributed by atoms with E-state index in [1.807, 2.05) is 12.1 Å². The van der Waals surface area contributed by atoms with Crippen LogP contribution in [0.2, 0.25) is 0 Å². The molecule has 18 heavy (non-hydrogen) atoms. The predicted molar refractivity (Wildman–Crippen MR) is 68.6 cm³/mol. The summed E-state index contributed by atoms with van der Waals surface area (Å²) in [7, 11) is 0. The molecular formula is C13H12BrNO3. The molecule has 1 aromatic rings. The monoisotopic (exact) mass is 309 g/mol. The minimum atomic E-state index is 0.222. The maximum absolute atomic E-state index is 10.1. The first kappa shape index (κ1) is 11.8. The van der Waals surface area contributed by atoms with Crippen LogP contribution >= 0.6 is 15.9 Å². The Labute approximate surface area is 113 Å². The van der Waals surface area contributed by atoms with Gasteiger partial charge in [0.1, 0.15) is 0 Å². The van der Waals surface area contributed by atoms with E-state index in [4.69, 9.17) is 9.47 Å². The van der Waals surface area contributed by atoms with Gasteiger partial charge < -0.3 is 9.47 Å². The summed E-state index contributed by atoms with van der Waals surface area (Å²) in [5.41, 5.74) is 1.12. The Hall–Kier alpha value is -1.32. The van der Waals surface area contributed by atoms with Crippen molar-refractivity contribution in [2.45, 2.75) is 19.4 Å². The first-order chi connectivity index (χ1) is 8.72. The van der Waals surface area contributed by atoms with E-state index < -0.39 is 0 Å². The van der Waals surface area contributed by atoms with Crippen LogP contribution in [-0.4, -0.2) is 19.3 Å². The molecule has 94 valence electrons. The van der Waals surface area contributed by atoms with Gasteiger partial charge in [0, 0.05) is 5.41 Å². The molecule has 4 nitrogen and oxygen atoms in total. The second-order valence-electron chi connectivity index (χ2n) is 4.89. The van der Waals surface area contributed by atoms with Crippen LogP contribution in [0.5, 0.6) is 11.5 Å². The number of carbonyl (C=O) groups excluding carboxylic acids is 1. The molecule has 0 amide bonds. The van der Waals surface area contributed by atoms with Gasteiger partial charge in [-0.1, -0.05) is 0 Å². The molecule has 0 aromatic heterocycles. The largest absolute Gasteiger partial charge is 0.489 e. The van der Waals surface area contributed by atoms with E-state index in [0.717, 1.165) is 21.5 Å². The number of ether oxygens (including phenoxy) is 2. The molecule has 1 aromatic carbocycles. The number of benzene rings is 1. The van der Waals surface area contributed by atoms with Gasteiger partial charge in [0.2, 0.25) is 6.08 Å². The molecule has 0 radical (unpaired) electrons. The average molecular weight is 310 g/mol. The lowest BCUT2D eigenvalue weighted by Crippen LogP contribution is -2.17. The Morgan fingerprint density at radius 2 is 2.11 bits per heavy atom. The second kappa shape index (κ2) is 4.41. The van der Waals surface area contributed by atoms with Gasteiger partial charge in [-0.15, -0.1) is 0 Å². The van der Waals surface area contributed by atoms with Gasteiger partial charge in [-0.25, -0.2) is 9.79 Å². The Morgan fingerprint density at radius 1 is 1.33 bits per heavy atom. The molecule has 0 unspecified atom stereocenters. The van der Waals surface area contributed by atoms with Crippen molar-refractivity contribution in [3.8, 4) is 11.5 Å². The number of halogens is 1. The van der Waals surface area contributed by atoms with Gasteiger partial charge in [-0.05, 0) is 46.5 Å². The average Bonchev–Trinajstić information content (AvgIpc) is 3.15. The van der Waals surface area contributed by atoms with Gasteiger partial charge >= 0.3 is 0 Å². The summed E-state index contributed by atoms with van der Waals surface area (Å²) in [6, 6.07) is 3.77. The molecule has 2 aliphatic rings. The molecule has 3 rings (SSSR count). The van der Waals surface area contributed by atoms with Gasteiger partial charge in [-0.3, -0.25) is 0 Å². The topological polar surface area (TPSA) is 47.9 Å². The molecule has 1 fully saturated rings. The predicted octanol–water partition coefficient (Wildman–Crippen LogP) is 2.84. The van der Waals surface area contributed by atoms with Crippen molar-refractivity contribution < 1.29 is 14.3 Å². The van der Waals surface area contributed by atoms with Crippen LogP contribution in [0.4, 0.5) is 0 Å². The molecule has 1 saturated carbocycles. The van der Waals surface area contributed by atoms with Crippen LogP contribution in [0.25, 0.3) is 0 Å². The van der Waals surface area contributed by atoms with E-state index in [0.29, 0.717) is 19.8 Å². The van der Waals surface area contributed by atoms with Crippen molar-refractivity contribution in [2.24, 2.45) is 10.4 Å². The molecule has 1 heterocycles. The Kier molecular flexibility index (Phi) is 2.88. The fourth-order valence-corrected chi connectivity index (χ4v) is 2.65. The number of isocyanates is 1. The quantitative estimate of drug-likeness (QED) is 0.623. The number of fused-ring (bicyclic) bond motifs is 1. The normalized spacial score (nSPS) is 18.9. The van der Waals surface area contributed by atoms with Crippen LogP contribution in [-0.2, 0) is 11.3 Å². The number of hydrogen-bond acceptors (Lipinski definition) is 4. The van der Waals surface area contributed by atoms with Crippen LogP contribution in [0.3, 0.4) is 0 Å².